The van der Waals surface area contributed by atoms with Crippen LogP contribution in [0.25, 0.3) is 0 Å². The van der Waals surface area contributed by atoms with Crippen molar-refractivity contribution in [2.45, 2.75) is 6.92 Å². The number of benzene rings is 1. The van der Waals surface area contributed by atoms with Gasteiger partial charge in [0.1, 0.15) is 12.8 Å². The zero-order valence-corrected chi connectivity index (χ0v) is 11.7. The highest BCUT2D eigenvalue weighted by Crippen LogP contribution is 2.31. The molecule has 2 aliphatic rings. The number of hydrogen-bond donors (Lipinski definition) is 0. The number of carbonyl (C=O) groups excluding carboxylic acids is 3. The van der Waals surface area contributed by atoms with Crippen LogP contribution in [0.2, 0.25) is 0 Å². The lowest BCUT2D eigenvalue weighted by Crippen LogP contribution is -2.46. The molecule has 1 aromatic rings. The van der Waals surface area contributed by atoms with E-state index in [0.29, 0.717) is 12.8 Å². The van der Waals surface area contributed by atoms with Gasteiger partial charge in [-0.3, -0.25) is 14.6 Å². The third kappa shape index (κ3) is 2.08. The molecule has 0 aliphatic carbocycles. The highest BCUT2D eigenvalue weighted by Gasteiger charge is 2.41. The Hall–Kier alpha value is -2.63. The van der Waals surface area contributed by atoms with E-state index >= 15 is 0 Å². The number of aldehydes is 1. The van der Waals surface area contributed by atoms with E-state index in [4.69, 9.17) is 0 Å². The van der Waals surface area contributed by atoms with Crippen molar-refractivity contribution in [3.8, 4) is 0 Å². The van der Waals surface area contributed by atoms with Crippen molar-refractivity contribution >= 4 is 23.9 Å². The van der Waals surface area contributed by atoms with Gasteiger partial charge in [0, 0.05) is 11.4 Å². The summed E-state index contributed by atoms with van der Waals surface area (Å²) in [5.74, 6) is -0.149. The lowest BCUT2D eigenvalue weighted by atomic mass is 10.2. The van der Waals surface area contributed by atoms with Crippen LogP contribution in [0.15, 0.2) is 41.7 Å². The van der Waals surface area contributed by atoms with Crippen LogP contribution >= 0.6 is 0 Å². The number of anilines is 1. The Morgan fingerprint density at radius 2 is 1.86 bits per heavy atom. The standard InChI is InChI=1S/C15H15N3O3/c1-11-13-9-16(7-8-19)15(21)17(13)10-14(20)18(11)12-5-3-2-4-6-12/h2-6,8H,7,9-10H2,1H3. The van der Waals surface area contributed by atoms with Crippen LogP contribution < -0.4 is 4.90 Å². The summed E-state index contributed by atoms with van der Waals surface area (Å²) in [4.78, 5) is 39.7. The third-order valence-electron chi connectivity index (χ3n) is 3.77. The minimum Gasteiger partial charge on any atom is -0.311 e. The first-order chi connectivity index (χ1) is 10.1. The fourth-order valence-electron chi connectivity index (χ4n) is 2.76. The molecule has 0 atom stereocenters. The third-order valence-corrected chi connectivity index (χ3v) is 3.77. The largest absolute Gasteiger partial charge is 0.325 e. The van der Waals surface area contributed by atoms with Crippen LogP contribution in [0.5, 0.6) is 0 Å². The van der Waals surface area contributed by atoms with Crippen molar-refractivity contribution in [3.05, 3.63) is 41.7 Å². The number of urea groups is 1. The molecular formula is C15H15N3O3. The number of allylic oxidation sites excluding steroid dienone is 1. The second-order valence-electron chi connectivity index (χ2n) is 5.01. The van der Waals surface area contributed by atoms with Crippen LogP contribution in [0, 0.1) is 0 Å². The van der Waals surface area contributed by atoms with Gasteiger partial charge in [0.2, 0.25) is 0 Å². The molecule has 0 unspecified atom stereocenters. The van der Waals surface area contributed by atoms with Crippen molar-refractivity contribution < 1.29 is 14.4 Å². The predicted octanol–water partition coefficient (Wildman–Crippen LogP) is 1.20. The number of para-hydroxylation sites is 1. The normalized spacial score (nSPS) is 18.4. The quantitative estimate of drug-likeness (QED) is 0.784. The predicted molar refractivity (Wildman–Crippen MR) is 76.4 cm³/mol. The maximum atomic E-state index is 12.4. The Morgan fingerprint density at radius 1 is 1.14 bits per heavy atom. The van der Waals surface area contributed by atoms with E-state index < -0.39 is 0 Å². The molecule has 1 saturated heterocycles. The fraction of sp³-hybridized carbons (Fsp3) is 0.267. The molecule has 0 saturated carbocycles. The van der Waals surface area contributed by atoms with E-state index in [0.717, 1.165) is 17.1 Å². The molecule has 0 bridgehead atoms. The minimum absolute atomic E-state index is 0.00968. The van der Waals surface area contributed by atoms with Gasteiger partial charge in [-0.2, -0.15) is 0 Å². The Bertz CT molecular complexity index is 639. The van der Waals surface area contributed by atoms with Crippen LogP contribution in [0.3, 0.4) is 0 Å². The minimum atomic E-state index is -0.280. The van der Waals surface area contributed by atoms with Gasteiger partial charge < -0.3 is 9.69 Å². The summed E-state index contributed by atoms with van der Waals surface area (Å²) in [5, 5.41) is 0. The van der Waals surface area contributed by atoms with Crippen molar-refractivity contribution in [3.63, 3.8) is 0 Å². The summed E-state index contributed by atoms with van der Waals surface area (Å²) in [6.45, 7) is 2.24. The number of nitrogens with zero attached hydrogens (tertiary/aromatic N) is 3. The van der Waals surface area contributed by atoms with Crippen molar-refractivity contribution in [1.29, 1.82) is 0 Å². The molecule has 21 heavy (non-hydrogen) atoms. The molecular weight excluding hydrogens is 270 g/mol. The van der Waals surface area contributed by atoms with E-state index in [1.807, 2.05) is 37.3 Å². The van der Waals surface area contributed by atoms with Crippen LogP contribution in [-0.4, -0.2) is 47.7 Å². The molecule has 0 aromatic heterocycles. The molecule has 3 rings (SSSR count). The summed E-state index contributed by atoms with van der Waals surface area (Å²) in [6, 6.07) is 9.06. The van der Waals surface area contributed by atoms with E-state index in [1.54, 1.807) is 4.90 Å². The van der Waals surface area contributed by atoms with Gasteiger partial charge in [0.05, 0.1) is 18.8 Å². The Morgan fingerprint density at radius 3 is 2.52 bits per heavy atom. The maximum absolute atomic E-state index is 12.4. The fourth-order valence-corrected chi connectivity index (χ4v) is 2.76. The monoisotopic (exact) mass is 285 g/mol. The number of carbonyl (C=O) groups is 3. The van der Waals surface area contributed by atoms with Gasteiger partial charge in [0.15, 0.2) is 0 Å². The van der Waals surface area contributed by atoms with Crippen LogP contribution in [-0.2, 0) is 9.59 Å². The second-order valence-corrected chi connectivity index (χ2v) is 5.01. The number of hydrogen-bond acceptors (Lipinski definition) is 3. The van der Waals surface area contributed by atoms with E-state index in [2.05, 4.69) is 0 Å². The zero-order valence-electron chi connectivity index (χ0n) is 11.7. The molecule has 2 heterocycles. The summed E-state index contributed by atoms with van der Waals surface area (Å²) < 4.78 is 0. The molecule has 1 aromatic carbocycles. The lowest BCUT2D eigenvalue weighted by molar-refractivity contribution is -0.119. The summed E-state index contributed by atoms with van der Waals surface area (Å²) in [5.41, 5.74) is 2.30. The summed E-state index contributed by atoms with van der Waals surface area (Å²) in [6.07, 6.45) is 0.697. The molecule has 108 valence electrons. The van der Waals surface area contributed by atoms with Gasteiger partial charge in [0.25, 0.3) is 5.91 Å². The van der Waals surface area contributed by atoms with Crippen LogP contribution in [0.4, 0.5) is 10.5 Å². The van der Waals surface area contributed by atoms with Gasteiger partial charge in [-0.05, 0) is 19.1 Å². The highest BCUT2D eigenvalue weighted by atomic mass is 16.2. The molecule has 3 amide bonds. The van der Waals surface area contributed by atoms with E-state index in [9.17, 15) is 14.4 Å². The van der Waals surface area contributed by atoms with Crippen molar-refractivity contribution in [2.75, 3.05) is 24.5 Å². The molecule has 6 heteroatoms. The lowest BCUT2D eigenvalue weighted by Gasteiger charge is -2.33. The van der Waals surface area contributed by atoms with E-state index in [1.165, 1.54) is 9.80 Å². The Balaban J connectivity index is 2.00. The topological polar surface area (TPSA) is 60.9 Å². The average Bonchev–Trinajstić information content (AvgIpc) is 2.78. The zero-order chi connectivity index (χ0) is 15.0. The SMILES string of the molecule is CC1=C2CN(CC=O)C(=O)N2CC(=O)N1c1ccccc1. The van der Waals surface area contributed by atoms with Crippen molar-refractivity contribution in [2.24, 2.45) is 0 Å². The first kappa shape index (κ1) is 13.4. The second kappa shape index (κ2) is 5.05. The highest BCUT2D eigenvalue weighted by molar-refractivity contribution is 6.02. The van der Waals surface area contributed by atoms with Gasteiger partial charge in [-0.1, -0.05) is 18.2 Å². The molecule has 2 aliphatic heterocycles. The molecule has 0 spiro atoms. The van der Waals surface area contributed by atoms with Crippen LogP contribution in [0.1, 0.15) is 6.92 Å². The number of fused-ring (bicyclic) bond motifs is 1. The number of amides is 3. The first-order valence-corrected chi connectivity index (χ1v) is 6.71. The molecule has 1 fully saturated rings. The average molecular weight is 285 g/mol. The van der Waals surface area contributed by atoms with Gasteiger partial charge >= 0.3 is 6.03 Å². The molecule has 6 nitrogen and oxygen atoms in total. The summed E-state index contributed by atoms with van der Waals surface area (Å²) >= 11 is 0. The first-order valence-electron chi connectivity index (χ1n) is 6.71. The maximum Gasteiger partial charge on any atom is 0.325 e. The van der Waals surface area contributed by atoms with Gasteiger partial charge in [-0.15, -0.1) is 0 Å². The Labute approximate surface area is 122 Å². The Kier molecular flexibility index (Phi) is 3.21. The van der Waals surface area contributed by atoms with Crippen molar-refractivity contribution in [1.82, 2.24) is 9.80 Å². The summed E-state index contributed by atoms with van der Waals surface area (Å²) in [7, 11) is 0. The smallest absolute Gasteiger partial charge is 0.311 e. The van der Waals surface area contributed by atoms with E-state index in [-0.39, 0.29) is 25.0 Å². The number of rotatable bonds is 3. The van der Waals surface area contributed by atoms with Gasteiger partial charge in [-0.25, -0.2) is 4.79 Å². The molecule has 0 radical (unpaired) electrons. The molecule has 0 N–H and O–H groups in total.